The number of benzene rings is 10. The first-order chi connectivity index (χ1) is 33.3. The highest BCUT2D eigenvalue weighted by molar-refractivity contribution is 6.09. The van der Waals surface area contributed by atoms with E-state index in [1.54, 1.807) is 0 Å². The summed E-state index contributed by atoms with van der Waals surface area (Å²) in [4.78, 5) is 2.45. The van der Waals surface area contributed by atoms with Crippen LogP contribution >= 0.6 is 0 Å². The highest BCUT2D eigenvalue weighted by Crippen LogP contribution is 2.55. The molecule has 68 heavy (non-hydrogen) atoms. The summed E-state index contributed by atoms with van der Waals surface area (Å²) in [5, 5.41) is 3.71. The van der Waals surface area contributed by atoms with Crippen LogP contribution < -0.4 is 4.90 Å². The molecule has 10 aromatic carbocycles. The molecule has 2 aliphatic rings. The second kappa shape index (κ2) is 15.2. The van der Waals surface area contributed by atoms with Gasteiger partial charge in [0, 0.05) is 44.2 Å². The molecular weight excluding hydrogens is 821 g/mol. The SMILES string of the molecule is CC1(C)c2ccccc2-c2ccc(N(c3ccc(-c4ccc5c(c4)C(C)(C)c4cc6c(cc4-5)c(-c4ccccc4)c(-c4ccccc4)n6-c4ccccc4)cc3)c3cccc4ccccc34)cc21. The van der Waals surface area contributed by atoms with Crippen molar-refractivity contribution >= 4 is 38.7 Å². The third-order valence-corrected chi connectivity index (χ3v) is 15.2. The maximum atomic E-state index is 2.49. The van der Waals surface area contributed by atoms with Gasteiger partial charge < -0.3 is 9.47 Å². The summed E-state index contributed by atoms with van der Waals surface area (Å²) in [5.41, 5.74) is 23.5. The summed E-state index contributed by atoms with van der Waals surface area (Å²) in [6.45, 7) is 9.53. The second-order valence-electron chi connectivity index (χ2n) is 19.7. The fraction of sp³-hybridized carbons (Fsp3) is 0.0909. The van der Waals surface area contributed by atoms with Crippen molar-refractivity contribution in [1.82, 2.24) is 4.57 Å². The van der Waals surface area contributed by atoms with Crippen LogP contribution in [0, 0.1) is 0 Å². The van der Waals surface area contributed by atoms with E-state index in [4.69, 9.17) is 0 Å². The Morgan fingerprint density at radius 3 is 1.69 bits per heavy atom. The smallest absolute Gasteiger partial charge is 0.0619 e. The lowest BCUT2D eigenvalue weighted by Crippen LogP contribution is -2.16. The van der Waals surface area contributed by atoms with E-state index in [0.717, 1.165) is 17.1 Å². The van der Waals surface area contributed by atoms with Gasteiger partial charge in [0.1, 0.15) is 0 Å². The molecule has 11 aromatic rings. The normalized spacial score (nSPS) is 13.8. The van der Waals surface area contributed by atoms with Crippen LogP contribution in [-0.2, 0) is 10.8 Å². The van der Waals surface area contributed by atoms with Crippen molar-refractivity contribution in [1.29, 1.82) is 0 Å². The van der Waals surface area contributed by atoms with E-state index in [2.05, 4.69) is 268 Å². The van der Waals surface area contributed by atoms with Crippen LogP contribution in [0.5, 0.6) is 0 Å². The van der Waals surface area contributed by atoms with Crippen molar-refractivity contribution in [2.24, 2.45) is 0 Å². The molecular formula is C66H50N2. The van der Waals surface area contributed by atoms with Crippen LogP contribution in [0.15, 0.2) is 231 Å². The van der Waals surface area contributed by atoms with E-state index in [0.29, 0.717) is 0 Å². The molecule has 1 aromatic heterocycles. The second-order valence-corrected chi connectivity index (χ2v) is 19.7. The van der Waals surface area contributed by atoms with Gasteiger partial charge in [-0.05, 0) is 133 Å². The summed E-state index contributed by atoms with van der Waals surface area (Å²) in [6.07, 6.45) is 0. The molecule has 0 saturated heterocycles. The molecule has 0 saturated carbocycles. The quantitative estimate of drug-likeness (QED) is 0.155. The van der Waals surface area contributed by atoms with Gasteiger partial charge in [-0.3, -0.25) is 0 Å². The predicted octanol–water partition coefficient (Wildman–Crippen LogP) is 17.9. The Bertz CT molecular complexity index is 3760. The Kier molecular flexibility index (Phi) is 8.95. The average Bonchev–Trinajstić information content (AvgIpc) is 3.93. The van der Waals surface area contributed by atoms with Crippen molar-refractivity contribution in [3.05, 3.63) is 253 Å². The Morgan fingerprint density at radius 1 is 0.353 bits per heavy atom. The molecule has 0 bridgehead atoms. The van der Waals surface area contributed by atoms with E-state index in [1.807, 2.05) is 0 Å². The first-order valence-electron chi connectivity index (χ1n) is 23.9. The first kappa shape index (κ1) is 40.1. The van der Waals surface area contributed by atoms with Crippen molar-refractivity contribution in [2.45, 2.75) is 38.5 Å². The molecule has 0 spiro atoms. The van der Waals surface area contributed by atoms with Gasteiger partial charge >= 0.3 is 0 Å². The van der Waals surface area contributed by atoms with Crippen LogP contribution in [0.2, 0.25) is 0 Å². The van der Waals surface area contributed by atoms with E-state index in [9.17, 15) is 0 Å². The van der Waals surface area contributed by atoms with Crippen LogP contribution in [-0.4, -0.2) is 4.57 Å². The Labute approximate surface area is 399 Å². The van der Waals surface area contributed by atoms with Gasteiger partial charge in [-0.2, -0.15) is 0 Å². The molecule has 2 nitrogen and oxygen atoms in total. The minimum absolute atomic E-state index is 0.107. The van der Waals surface area contributed by atoms with Crippen molar-refractivity contribution in [3.63, 3.8) is 0 Å². The Balaban J connectivity index is 0.932. The highest BCUT2D eigenvalue weighted by atomic mass is 15.1. The van der Waals surface area contributed by atoms with Gasteiger partial charge in [0.2, 0.25) is 0 Å². The van der Waals surface area contributed by atoms with Crippen LogP contribution in [0.4, 0.5) is 17.1 Å². The zero-order valence-electron chi connectivity index (χ0n) is 38.8. The fourth-order valence-electron chi connectivity index (χ4n) is 11.8. The van der Waals surface area contributed by atoms with Crippen molar-refractivity contribution in [2.75, 3.05) is 4.90 Å². The molecule has 2 heteroatoms. The van der Waals surface area contributed by atoms with Gasteiger partial charge in [0.25, 0.3) is 0 Å². The van der Waals surface area contributed by atoms with Crippen molar-refractivity contribution < 1.29 is 0 Å². The Hall–Kier alpha value is -8.20. The minimum atomic E-state index is -0.230. The monoisotopic (exact) mass is 870 g/mol. The standard InChI is InChI=1S/C66H50N2/c1-65(2)57-29-17-16-28-52(57)53-38-36-50(40-59(53)65)67(61-30-18-24-44-19-14-15-27-51(44)61)49-34-31-43(32-35-49)47-33-37-54-55-41-56-62(42-60(55)66(3,4)58(54)39-47)68(48-25-12-7-13-26-48)64(46-22-10-6-11-23-46)63(56)45-20-8-5-9-21-45/h5-42H,1-4H3. The van der Waals surface area contributed by atoms with Gasteiger partial charge in [0.05, 0.1) is 16.9 Å². The number of hydrogen-bond acceptors (Lipinski definition) is 1. The summed E-state index contributed by atoms with van der Waals surface area (Å²) in [6, 6.07) is 85.4. The zero-order valence-corrected chi connectivity index (χ0v) is 38.8. The molecule has 0 unspecified atom stereocenters. The number of fused-ring (bicyclic) bond motifs is 8. The molecule has 0 amide bonds. The molecule has 0 radical (unpaired) electrons. The van der Waals surface area contributed by atoms with Crippen LogP contribution in [0.1, 0.15) is 49.9 Å². The number of aromatic nitrogens is 1. The molecule has 2 aliphatic carbocycles. The molecule has 0 aliphatic heterocycles. The lowest BCUT2D eigenvalue weighted by atomic mass is 9.81. The Morgan fingerprint density at radius 2 is 0.912 bits per heavy atom. The number of anilines is 3. The minimum Gasteiger partial charge on any atom is -0.310 e. The van der Waals surface area contributed by atoms with Gasteiger partial charge in [-0.25, -0.2) is 0 Å². The van der Waals surface area contributed by atoms with E-state index in [1.165, 1.54) is 105 Å². The van der Waals surface area contributed by atoms with Crippen molar-refractivity contribution in [3.8, 4) is 61.5 Å². The van der Waals surface area contributed by atoms with E-state index < -0.39 is 0 Å². The maximum absolute atomic E-state index is 2.49. The van der Waals surface area contributed by atoms with Gasteiger partial charge in [0.15, 0.2) is 0 Å². The molecule has 324 valence electrons. The largest absolute Gasteiger partial charge is 0.310 e. The molecule has 13 rings (SSSR count). The maximum Gasteiger partial charge on any atom is 0.0619 e. The average molecular weight is 871 g/mol. The third kappa shape index (κ3) is 6.03. The summed E-state index contributed by atoms with van der Waals surface area (Å²) < 4.78 is 2.49. The van der Waals surface area contributed by atoms with Crippen LogP contribution in [0.3, 0.4) is 0 Å². The van der Waals surface area contributed by atoms with E-state index >= 15 is 0 Å². The van der Waals surface area contributed by atoms with Gasteiger partial charge in [-0.15, -0.1) is 0 Å². The van der Waals surface area contributed by atoms with Crippen LogP contribution in [0.25, 0.3) is 83.1 Å². The topological polar surface area (TPSA) is 8.17 Å². The lowest BCUT2D eigenvalue weighted by Gasteiger charge is -2.29. The molecule has 0 N–H and O–H groups in total. The molecule has 1 heterocycles. The summed E-state index contributed by atoms with van der Waals surface area (Å²) >= 11 is 0. The number of nitrogens with zero attached hydrogens (tertiary/aromatic N) is 2. The number of rotatable bonds is 7. The first-order valence-corrected chi connectivity index (χ1v) is 23.9. The number of hydrogen-bond donors (Lipinski definition) is 0. The highest BCUT2D eigenvalue weighted by Gasteiger charge is 2.38. The number of para-hydroxylation sites is 1. The zero-order chi connectivity index (χ0) is 45.7. The predicted molar refractivity (Wildman–Crippen MR) is 287 cm³/mol. The fourth-order valence-corrected chi connectivity index (χ4v) is 11.8. The van der Waals surface area contributed by atoms with Gasteiger partial charge in [-0.1, -0.05) is 198 Å². The van der Waals surface area contributed by atoms with E-state index in [-0.39, 0.29) is 10.8 Å². The summed E-state index contributed by atoms with van der Waals surface area (Å²) in [7, 11) is 0. The molecule has 0 fully saturated rings. The third-order valence-electron chi connectivity index (χ3n) is 15.2. The molecule has 0 atom stereocenters. The summed E-state index contributed by atoms with van der Waals surface area (Å²) in [5.74, 6) is 0. The lowest BCUT2D eigenvalue weighted by molar-refractivity contribution is 0.660.